The molecule has 0 radical (unpaired) electrons. The van der Waals surface area contributed by atoms with Crippen molar-refractivity contribution in [2.45, 2.75) is 26.2 Å². The van der Waals surface area contributed by atoms with Crippen molar-refractivity contribution in [2.24, 2.45) is 0 Å². The first kappa shape index (κ1) is 17.1. The Hall–Kier alpha value is -1.30. The zero-order chi connectivity index (χ0) is 15.7. The highest BCUT2D eigenvalue weighted by atomic mass is 16.6. The minimum absolute atomic E-state index is 0.145. The average Bonchev–Trinajstić information content (AvgIpc) is 2.54. The summed E-state index contributed by atoms with van der Waals surface area (Å²) in [4.78, 5) is 0. The van der Waals surface area contributed by atoms with Crippen LogP contribution in [0.15, 0.2) is 24.3 Å². The number of quaternary nitrogens is 1. The minimum Gasteiger partial charge on any atom is -0.633 e. The van der Waals surface area contributed by atoms with Gasteiger partial charge in [0.25, 0.3) is 0 Å². The first-order valence-corrected chi connectivity index (χ1v) is 8.22. The molecule has 0 saturated carbocycles. The molecule has 1 aromatic carbocycles. The van der Waals surface area contributed by atoms with Crippen LogP contribution >= 0.6 is 0 Å². The van der Waals surface area contributed by atoms with Gasteiger partial charge in [-0.05, 0) is 30.7 Å². The summed E-state index contributed by atoms with van der Waals surface area (Å²) in [7, 11) is 0. The van der Waals surface area contributed by atoms with E-state index in [9.17, 15) is 5.21 Å². The number of benzene rings is 1. The molecule has 0 atom stereocenters. The summed E-state index contributed by atoms with van der Waals surface area (Å²) in [6, 6.07) is 7.68. The monoisotopic (exact) mass is 309 g/mol. The van der Waals surface area contributed by atoms with Gasteiger partial charge in [-0.15, -0.1) is 0 Å². The Morgan fingerprint density at radius 2 is 1.55 bits per heavy atom. The lowest BCUT2D eigenvalue weighted by atomic mass is 10.3. The molecule has 0 bridgehead atoms. The minimum atomic E-state index is -0.145. The van der Waals surface area contributed by atoms with Crippen LogP contribution in [0.3, 0.4) is 0 Å². The van der Waals surface area contributed by atoms with Crippen molar-refractivity contribution in [3.63, 3.8) is 0 Å². The highest BCUT2D eigenvalue weighted by molar-refractivity contribution is 5.31. The number of hydrogen-bond donors (Lipinski definition) is 0. The highest BCUT2D eigenvalue weighted by Gasteiger charge is 2.20. The topological polar surface area (TPSA) is 50.8 Å². The van der Waals surface area contributed by atoms with E-state index in [1.165, 1.54) is 0 Å². The van der Waals surface area contributed by atoms with Crippen LogP contribution in [-0.2, 0) is 4.74 Å². The van der Waals surface area contributed by atoms with Crippen LogP contribution in [0.25, 0.3) is 0 Å². The molecule has 5 heteroatoms. The lowest BCUT2D eigenvalue weighted by Gasteiger charge is -2.45. The predicted octanol–water partition coefficient (Wildman–Crippen LogP) is 2.98. The van der Waals surface area contributed by atoms with Gasteiger partial charge in [0.1, 0.15) is 24.6 Å². The summed E-state index contributed by atoms with van der Waals surface area (Å²) in [5, 5.41) is 12.3. The van der Waals surface area contributed by atoms with Gasteiger partial charge in [0.2, 0.25) is 0 Å². The Labute approximate surface area is 132 Å². The summed E-state index contributed by atoms with van der Waals surface area (Å²) in [6.45, 7) is 6.33. The van der Waals surface area contributed by atoms with Gasteiger partial charge in [-0.1, -0.05) is 13.3 Å². The molecule has 1 aliphatic rings. The molecule has 1 aliphatic heterocycles. The summed E-state index contributed by atoms with van der Waals surface area (Å²) in [6.07, 6.45) is 2.96. The van der Waals surface area contributed by atoms with E-state index in [0.717, 1.165) is 37.4 Å². The largest absolute Gasteiger partial charge is 0.633 e. The van der Waals surface area contributed by atoms with E-state index in [2.05, 4.69) is 6.92 Å². The van der Waals surface area contributed by atoms with E-state index in [-0.39, 0.29) is 4.65 Å². The molecule has 0 spiro atoms. The fraction of sp³-hybridized carbons (Fsp3) is 0.647. The van der Waals surface area contributed by atoms with Gasteiger partial charge in [-0.25, -0.2) is 0 Å². The summed E-state index contributed by atoms with van der Waals surface area (Å²) >= 11 is 0. The van der Waals surface area contributed by atoms with Gasteiger partial charge in [0.15, 0.2) is 0 Å². The molecule has 0 aromatic heterocycles. The molecular formula is C17H27NO4. The van der Waals surface area contributed by atoms with Crippen molar-refractivity contribution in [3.05, 3.63) is 29.5 Å². The normalized spacial score (nSPS) is 17.2. The molecule has 1 saturated heterocycles. The number of unbranched alkanes of at least 4 members (excludes halogenated alkanes) is 1. The third kappa shape index (κ3) is 5.83. The molecule has 2 rings (SSSR count). The highest BCUT2D eigenvalue weighted by Crippen LogP contribution is 2.18. The molecular weight excluding hydrogens is 282 g/mol. The van der Waals surface area contributed by atoms with Gasteiger partial charge in [0, 0.05) is 6.42 Å². The molecule has 22 heavy (non-hydrogen) atoms. The van der Waals surface area contributed by atoms with Crippen molar-refractivity contribution in [1.82, 2.24) is 0 Å². The van der Waals surface area contributed by atoms with Crippen LogP contribution in [0.1, 0.15) is 26.2 Å². The second kappa shape index (κ2) is 8.98. The van der Waals surface area contributed by atoms with E-state index >= 15 is 0 Å². The Bertz CT molecular complexity index is 415. The maximum Gasteiger partial charge on any atom is 0.119 e. The van der Waals surface area contributed by atoms with Crippen LogP contribution in [0.5, 0.6) is 11.5 Å². The maximum absolute atomic E-state index is 12.3. The van der Waals surface area contributed by atoms with Crippen molar-refractivity contribution < 1.29 is 18.9 Å². The van der Waals surface area contributed by atoms with E-state index in [4.69, 9.17) is 14.2 Å². The van der Waals surface area contributed by atoms with Crippen molar-refractivity contribution >= 4 is 0 Å². The van der Waals surface area contributed by atoms with Gasteiger partial charge in [-0.3, -0.25) is 0 Å². The SMILES string of the molecule is CCCCOc1ccc(OCCC[N+]2([O-])CCOCC2)cc1. The first-order valence-electron chi connectivity index (χ1n) is 8.22. The third-order valence-electron chi connectivity index (χ3n) is 3.86. The number of morpholine rings is 1. The van der Waals surface area contributed by atoms with Crippen LogP contribution < -0.4 is 9.47 Å². The molecule has 1 aromatic rings. The fourth-order valence-electron chi connectivity index (χ4n) is 2.41. The summed E-state index contributed by atoms with van der Waals surface area (Å²) in [5.74, 6) is 1.69. The number of hydrogen-bond acceptors (Lipinski definition) is 4. The number of rotatable bonds is 9. The van der Waals surface area contributed by atoms with Crippen LogP contribution in [0.2, 0.25) is 0 Å². The quantitative estimate of drug-likeness (QED) is 0.400. The van der Waals surface area contributed by atoms with Crippen molar-refractivity contribution in [2.75, 3.05) is 46.1 Å². The molecule has 1 heterocycles. The molecule has 124 valence electrons. The Morgan fingerprint density at radius 1 is 1.00 bits per heavy atom. The Morgan fingerprint density at radius 3 is 2.09 bits per heavy atom. The lowest BCUT2D eigenvalue weighted by molar-refractivity contribution is -0.888. The molecule has 0 unspecified atom stereocenters. The van der Waals surface area contributed by atoms with Gasteiger partial charge >= 0.3 is 0 Å². The molecule has 0 aliphatic carbocycles. The lowest BCUT2D eigenvalue weighted by Crippen LogP contribution is -2.51. The van der Waals surface area contributed by atoms with E-state index in [1.807, 2.05) is 24.3 Å². The van der Waals surface area contributed by atoms with Gasteiger partial charge in [-0.2, -0.15) is 0 Å². The van der Waals surface area contributed by atoms with E-state index in [0.29, 0.717) is 39.5 Å². The van der Waals surface area contributed by atoms with Crippen molar-refractivity contribution in [3.8, 4) is 11.5 Å². The number of nitrogens with zero attached hydrogens (tertiary/aromatic N) is 1. The Balaban J connectivity index is 1.64. The van der Waals surface area contributed by atoms with E-state index < -0.39 is 0 Å². The zero-order valence-corrected chi connectivity index (χ0v) is 13.5. The van der Waals surface area contributed by atoms with Crippen LogP contribution in [0, 0.1) is 5.21 Å². The van der Waals surface area contributed by atoms with Crippen LogP contribution in [-0.4, -0.2) is 50.7 Å². The number of hydroxylamine groups is 3. The smallest absolute Gasteiger partial charge is 0.119 e. The summed E-state index contributed by atoms with van der Waals surface area (Å²) in [5.41, 5.74) is 0. The second-order valence-corrected chi connectivity index (χ2v) is 5.72. The third-order valence-corrected chi connectivity index (χ3v) is 3.86. The van der Waals surface area contributed by atoms with Crippen LogP contribution in [0.4, 0.5) is 0 Å². The molecule has 1 fully saturated rings. The average molecular weight is 309 g/mol. The van der Waals surface area contributed by atoms with E-state index in [1.54, 1.807) is 0 Å². The van der Waals surface area contributed by atoms with Gasteiger partial charge in [0.05, 0.1) is 33.0 Å². The molecule has 0 amide bonds. The maximum atomic E-state index is 12.3. The molecule has 5 nitrogen and oxygen atoms in total. The molecule has 0 N–H and O–H groups in total. The predicted molar refractivity (Wildman–Crippen MR) is 86.0 cm³/mol. The summed E-state index contributed by atoms with van der Waals surface area (Å²) < 4.78 is 16.4. The second-order valence-electron chi connectivity index (χ2n) is 5.72. The zero-order valence-electron chi connectivity index (χ0n) is 13.5. The first-order chi connectivity index (χ1) is 10.7. The standard InChI is InChI=1S/C17H27NO4/c1-2-3-12-21-16-5-7-17(8-6-16)22-13-4-9-18(19)10-14-20-15-11-18/h5-8H,2-4,9-15H2,1H3. The Kier molecular flexibility index (Phi) is 6.96. The number of ether oxygens (including phenoxy) is 3. The fourth-order valence-corrected chi connectivity index (χ4v) is 2.41. The van der Waals surface area contributed by atoms with Crippen molar-refractivity contribution in [1.29, 1.82) is 0 Å². The van der Waals surface area contributed by atoms with Gasteiger partial charge < -0.3 is 24.1 Å².